The summed E-state index contributed by atoms with van der Waals surface area (Å²) in [5.74, 6) is -0.359. The van der Waals surface area contributed by atoms with Gasteiger partial charge in [-0.05, 0) is 18.2 Å². The van der Waals surface area contributed by atoms with Gasteiger partial charge in [-0.1, -0.05) is 21.1 Å². The van der Waals surface area contributed by atoms with Crippen molar-refractivity contribution in [3.05, 3.63) is 40.7 Å². The van der Waals surface area contributed by atoms with E-state index in [0.717, 1.165) is 4.47 Å². The first-order valence-electron chi connectivity index (χ1n) is 4.43. The van der Waals surface area contributed by atoms with Crippen LogP contribution in [0.4, 0.5) is 11.4 Å². The zero-order valence-electron chi connectivity index (χ0n) is 8.11. The van der Waals surface area contributed by atoms with Gasteiger partial charge in [0.05, 0.1) is 11.4 Å². The van der Waals surface area contributed by atoms with Gasteiger partial charge in [-0.3, -0.25) is 4.79 Å². The van der Waals surface area contributed by atoms with E-state index in [1.807, 2.05) is 0 Å². The van der Waals surface area contributed by atoms with Crippen molar-refractivity contribution in [2.45, 2.75) is 0 Å². The van der Waals surface area contributed by atoms with E-state index in [2.05, 4.69) is 30.9 Å². The average molecular weight is 282 g/mol. The maximum Gasteiger partial charge on any atom is 0.277 e. The molecule has 1 heterocycles. The van der Waals surface area contributed by atoms with Crippen LogP contribution in [0.1, 0.15) is 10.5 Å². The molecule has 0 saturated carbocycles. The summed E-state index contributed by atoms with van der Waals surface area (Å²) < 4.78 is 5.42. The normalized spacial score (nSPS) is 10.1. The number of carbonyl (C=O) groups is 1. The summed E-state index contributed by atoms with van der Waals surface area (Å²) in [6.45, 7) is 0. The molecule has 0 spiro atoms. The number of rotatable bonds is 2. The maximum atomic E-state index is 11.6. The van der Waals surface area contributed by atoms with Crippen LogP contribution < -0.4 is 11.1 Å². The lowest BCUT2D eigenvalue weighted by molar-refractivity contribution is 0.101. The lowest BCUT2D eigenvalue weighted by atomic mass is 10.2. The molecular weight excluding hydrogens is 274 g/mol. The molecule has 0 bridgehead atoms. The Morgan fingerprint density at radius 2 is 2.25 bits per heavy atom. The number of benzene rings is 1. The predicted octanol–water partition coefficient (Wildman–Crippen LogP) is 2.27. The van der Waals surface area contributed by atoms with Crippen LogP contribution in [0.3, 0.4) is 0 Å². The molecule has 3 N–H and O–H groups in total. The van der Waals surface area contributed by atoms with Crippen LogP contribution in [0, 0.1) is 0 Å². The molecule has 0 saturated heterocycles. The SMILES string of the molecule is Nc1cc(Br)ccc1NC(=O)c1ccon1. The Kier molecular flexibility index (Phi) is 2.91. The fraction of sp³-hybridized carbons (Fsp3) is 0. The number of nitrogens with zero attached hydrogens (tertiary/aromatic N) is 1. The second kappa shape index (κ2) is 4.36. The van der Waals surface area contributed by atoms with Gasteiger partial charge in [0, 0.05) is 10.5 Å². The molecule has 6 heteroatoms. The molecule has 0 aliphatic carbocycles. The van der Waals surface area contributed by atoms with Gasteiger partial charge in [0.2, 0.25) is 0 Å². The Bertz CT molecular complexity index is 511. The average Bonchev–Trinajstić information content (AvgIpc) is 2.75. The quantitative estimate of drug-likeness (QED) is 0.828. The number of hydrogen-bond donors (Lipinski definition) is 2. The second-order valence-corrected chi connectivity index (χ2v) is 3.99. The number of hydrogen-bond acceptors (Lipinski definition) is 4. The first-order chi connectivity index (χ1) is 7.66. The topological polar surface area (TPSA) is 81.1 Å². The van der Waals surface area contributed by atoms with Crippen LogP contribution >= 0.6 is 15.9 Å². The predicted molar refractivity (Wildman–Crippen MR) is 63.0 cm³/mol. The maximum absolute atomic E-state index is 11.6. The van der Waals surface area contributed by atoms with Crippen molar-refractivity contribution in [1.82, 2.24) is 5.16 Å². The zero-order chi connectivity index (χ0) is 11.5. The Labute approximate surface area is 99.7 Å². The van der Waals surface area contributed by atoms with Crippen molar-refractivity contribution >= 4 is 33.2 Å². The van der Waals surface area contributed by atoms with Crippen LogP contribution in [-0.2, 0) is 0 Å². The highest BCUT2D eigenvalue weighted by Crippen LogP contribution is 2.23. The monoisotopic (exact) mass is 281 g/mol. The van der Waals surface area contributed by atoms with Gasteiger partial charge in [0.25, 0.3) is 5.91 Å². The summed E-state index contributed by atoms with van der Waals surface area (Å²) in [6, 6.07) is 6.68. The van der Waals surface area contributed by atoms with E-state index in [-0.39, 0.29) is 11.6 Å². The van der Waals surface area contributed by atoms with Gasteiger partial charge in [-0.15, -0.1) is 0 Å². The Hall–Kier alpha value is -1.82. The molecule has 1 aromatic carbocycles. The minimum atomic E-state index is -0.359. The van der Waals surface area contributed by atoms with E-state index >= 15 is 0 Å². The Morgan fingerprint density at radius 1 is 1.44 bits per heavy atom. The molecule has 1 amide bonds. The summed E-state index contributed by atoms with van der Waals surface area (Å²) >= 11 is 3.28. The number of aromatic nitrogens is 1. The molecule has 2 aromatic rings. The van der Waals surface area contributed by atoms with Gasteiger partial charge >= 0.3 is 0 Å². The highest BCUT2D eigenvalue weighted by Gasteiger charge is 2.10. The third-order valence-electron chi connectivity index (χ3n) is 1.93. The van der Waals surface area contributed by atoms with Crippen molar-refractivity contribution in [3.63, 3.8) is 0 Å². The van der Waals surface area contributed by atoms with Crippen LogP contribution in [-0.4, -0.2) is 11.1 Å². The molecule has 0 radical (unpaired) electrons. The first kappa shape index (κ1) is 10.7. The van der Waals surface area contributed by atoms with Crippen LogP contribution in [0.5, 0.6) is 0 Å². The van der Waals surface area contributed by atoms with Gasteiger partial charge in [-0.25, -0.2) is 0 Å². The third-order valence-corrected chi connectivity index (χ3v) is 2.43. The van der Waals surface area contributed by atoms with E-state index < -0.39 is 0 Å². The third kappa shape index (κ3) is 2.22. The number of carbonyl (C=O) groups excluding carboxylic acids is 1. The zero-order valence-corrected chi connectivity index (χ0v) is 9.69. The van der Waals surface area contributed by atoms with E-state index in [4.69, 9.17) is 5.73 Å². The van der Waals surface area contributed by atoms with Crippen molar-refractivity contribution in [1.29, 1.82) is 0 Å². The van der Waals surface area contributed by atoms with Gasteiger partial charge in [-0.2, -0.15) is 0 Å². The minimum absolute atomic E-state index is 0.210. The van der Waals surface area contributed by atoms with E-state index in [1.54, 1.807) is 18.2 Å². The summed E-state index contributed by atoms with van der Waals surface area (Å²) in [5.41, 5.74) is 6.96. The summed E-state index contributed by atoms with van der Waals surface area (Å²) in [5, 5.41) is 6.15. The molecule has 1 aromatic heterocycles. The lowest BCUT2D eigenvalue weighted by Gasteiger charge is -2.06. The summed E-state index contributed by atoms with van der Waals surface area (Å²) in [4.78, 5) is 11.6. The number of anilines is 2. The lowest BCUT2D eigenvalue weighted by Crippen LogP contribution is -2.13. The number of nitrogens with one attached hydrogen (secondary N) is 1. The second-order valence-electron chi connectivity index (χ2n) is 3.07. The van der Waals surface area contributed by atoms with E-state index in [9.17, 15) is 4.79 Å². The molecule has 0 fully saturated rings. The van der Waals surface area contributed by atoms with Gasteiger partial charge in [0.1, 0.15) is 6.26 Å². The fourth-order valence-electron chi connectivity index (χ4n) is 1.16. The molecule has 0 atom stereocenters. The van der Waals surface area contributed by atoms with Crippen LogP contribution in [0.2, 0.25) is 0 Å². The van der Waals surface area contributed by atoms with Crippen molar-refractivity contribution in [2.75, 3.05) is 11.1 Å². The van der Waals surface area contributed by atoms with E-state index in [1.165, 1.54) is 12.3 Å². The number of nitrogen functional groups attached to an aromatic ring is 1. The smallest absolute Gasteiger partial charge is 0.277 e. The molecule has 5 nitrogen and oxygen atoms in total. The number of amides is 1. The Morgan fingerprint density at radius 3 is 2.88 bits per heavy atom. The molecule has 16 heavy (non-hydrogen) atoms. The highest BCUT2D eigenvalue weighted by atomic mass is 79.9. The fourth-order valence-corrected chi connectivity index (χ4v) is 1.54. The largest absolute Gasteiger partial charge is 0.397 e. The standard InChI is InChI=1S/C10H8BrN3O2/c11-6-1-2-8(7(12)5-6)13-10(15)9-3-4-16-14-9/h1-5H,12H2,(H,13,15). The summed E-state index contributed by atoms with van der Waals surface area (Å²) in [6.07, 6.45) is 1.33. The first-order valence-corrected chi connectivity index (χ1v) is 5.23. The van der Waals surface area contributed by atoms with Gasteiger partial charge < -0.3 is 15.6 Å². The van der Waals surface area contributed by atoms with Crippen molar-refractivity contribution < 1.29 is 9.32 Å². The number of halogens is 1. The van der Waals surface area contributed by atoms with Crippen molar-refractivity contribution in [2.24, 2.45) is 0 Å². The molecule has 0 aliphatic heterocycles. The van der Waals surface area contributed by atoms with Crippen molar-refractivity contribution in [3.8, 4) is 0 Å². The molecule has 82 valence electrons. The highest BCUT2D eigenvalue weighted by molar-refractivity contribution is 9.10. The molecule has 2 rings (SSSR count). The molecular formula is C10H8BrN3O2. The molecule has 0 unspecified atom stereocenters. The van der Waals surface area contributed by atoms with Crippen LogP contribution in [0.25, 0.3) is 0 Å². The summed E-state index contributed by atoms with van der Waals surface area (Å²) in [7, 11) is 0. The number of nitrogens with two attached hydrogens (primary N) is 1. The van der Waals surface area contributed by atoms with Crippen LogP contribution in [0.15, 0.2) is 39.5 Å². The van der Waals surface area contributed by atoms with E-state index in [0.29, 0.717) is 11.4 Å². The molecule has 0 aliphatic rings. The Balaban J connectivity index is 2.18. The van der Waals surface area contributed by atoms with Gasteiger partial charge in [0.15, 0.2) is 5.69 Å². The minimum Gasteiger partial charge on any atom is -0.397 e.